The summed E-state index contributed by atoms with van der Waals surface area (Å²) in [6.45, 7) is 3.33. The van der Waals surface area contributed by atoms with Crippen LogP contribution in [0.3, 0.4) is 0 Å². The molecular formula is C20H22N2O3. The molecule has 1 N–H and O–H groups in total. The van der Waals surface area contributed by atoms with Crippen LogP contribution in [0.2, 0.25) is 0 Å². The van der Waals surface area contributed by atoms with E-state index in [2.05, 4.69) is 10.5 Å². The third-order valence-electron chi connectivity index (χ3n) is 3.96. The number of fused-ring (bicyclic) bond motifs is 1. The zero-order chi connectivity index (χ0) is 17.5. The van der Waals surface area contributed by atoms with E-state index in [4.69, 9.17) is 9.26 Å². The number of nitrogens with zero attached hydrogens (tertiary/aromatic N) is 1. The molecule has 1 heterocycles. The van der Waals surface area contributed by atoms with Gasteiger partial charge in [-0.25, -0.2) is 0 Å². The molecule has 5 heteroatoms. The molecule has 0 fully saturated rings. The highest BCUT2D eigenvalue weighted by molar-refractivity contribution is 5.86. The molecule has 0 aliphatic heterocycles. The first-order valence-electron chi connectivity index (χ1n) is 8.52. The minimum Gasteiger partial charge on any atom is -0.494 e. The van der Waals surface area contributed by atoms with Gasteiger partial charge in [-0.05, 0) is 44.0 Å². The standard InChI is InChI=1S/C20H22N2O3/c1-15-8-10-16(11-9-15)24-13-5-4-12-21-20(23)14-18-17-6-2-3-7-19(17)25-22-18/h2-3,6-11H,4-5,12-14H2,1H3,(H,21,23). The summed E-state index contributed by atoms with van der Waals surface area (Å²) in [4.78, 5) is 12.0. The van der Waals surface area contributed by atoms with Crippen LogP contribution in [0.4, 0.5) is 0 Å². The lowest BCUT2D eigenvalue weighted by Gasteiger charge is -2.07. The predicted molar refractivity (Wildman–Crippen MR) is 96.6 cm³/mol. The van der Waals surface area contributed by atoms with Gasteiger partial charge in [0.25, 0.3) is 0 Å². The molecule has 3 rings (SSSR count). The summed E-state index contributed by atoms with van der Waals surface area (Å²) in [5.74, 6) is 0.839. The topological polar surface area (TPSA) is 64.4 Å². The summed E-state index contributed by atoms with van der Waals surface area (Å²) in [6, 6.07) is 15.6. The maximum absolute atomic E-state index is 12.0. The lowest BCUT2D eigenvalue weighted by molar-refractivity contribution is -0.120. The second-order valence-corrected chi connectivity index (χ2v) is 6.02. The average Bonchev–Trinajstić information content (AvgIpc) is 3.02. The van der Waals surface area contributed by atoms with Crippen molar-refractivity contribution >= 4 is 16.9 Å². The molecule has 2 aromatic carbocycles. The largest absolute Gasteiger partial charge is 0.494 e. The van der Waals surface area contributed by atoms with E-state index in [9.17, 15) is 4.79 Å². The Hall–Kier alpha value is -2.82. The smallest absolute Gasteiger partial charge is 0.226 e. The number of nitrogens with one attached hydrogen (secondary N) is 1. The molecule has 0 saturated heterocycles. The van der Waals surface area contributed by atoms with Gasteiger partial charge >= 0.3 is 0 Å². The van der Waals surface area contributed by atoms with Crippen molar-refractivity contribution < 1.29 is 14.1 Å². The van der Waals surface area contributed by atoms with Crippen LogP contribution in [-0.2, 0) is 11.2 Å². The Kier molecular flexibility index (Phi) is 5.67. The second kappa shape index (κ2) is 8.33. The van der Waals surface area contributed by atoms with E-state index < -0.39 is 0 Å². The number of rotatable bonds is 8. The normalized spacial score (nSPS) is 10.8. The second-order valence-electron chi connectivity index (χ2n) is 6.02. The van der Waals surface area contributed by atoms with Gasteiger partial charge in [0, 0.05) is 11.9 Å². The van der Waals surface area contributed by atoms with E-state index in [1.54, 1.807) is 0 Å². The molecule has 0 unspecified atom stereocenters. The zero-order valence-electron chi connectivity index (χ0n) is 14.3. The van der Waals surface area contributed by atoms with Crippen molar-refractivity contribution in [3.63, 3.8) is 0 Å². The van der Waals surface area contributed by atoms with E-state index in [0.29, 0.717) is 24.4 Å². The van der Waals surface area contributed by atoms with Gasteiger partial charge in [0.2, 0.25) is 5.91 Å². The van der Waals surface area contributed by atoms with E-state index in [-0.39, 0.29) is 12.3 Å². The Bertz CT molecular complexity index is 824. The van der Waals surface area contributed by atoms with Crippen LogP contribution in [0.15, 0.2) is 53.1 Å². The maximum Gasteiger partial charge on any atom is 0.226 e. The van der Waals surface area contributed by atoms with Crippen LogP contribution in [0, 0.1) is 6.92 Å². The van der Waals surface area contributed by atoms with Gasteiger partial charge in [0.05, 0.1) is 13.0 Å². The lowest BCUT2D eigenvalue weighted by Crippen LogP contribution is -2.26. The van der Waals surface area contributed by atoms with E-state index in [1.165, 1.54) is 5.56 Å². The van der Waals surface area contributed by atoms with Gasteiger partial charge in [-0.15, -0.1) is 0 Å². The number of unbranched alkanes of at least 4 members (excludes halogenated alkanes) is 1. The first kappa shape index (κ1) is 17.0. The molecule has 0 spiro atoms. The van der Waals surface area contributed by atoms with Gasteiger partial charge < -0.3 is 14.6 Å². The number of hydrogen-bond donors (Lipinski definition) is 1. The van der Waals surface area contributed by atoms with Crippen LogP contribution >= 0.6 is 0 Å². The van der Waals surface area contributed by atoms with Crippen molar-refractivity contribution in [1.29, 1.82) is 0 Å². The number of benzene rings is 2. The maximum atomic E-state index is 12.0. The van der Waals surface area contributed by atoms with Crippen molar-refractivity contribution in [2.45, 2.75) is 26.2 Å². The fourth-order valence-corrected chi connectivity index (χ4v) is 2.56. The van der Waals surface area contributed by atoms with Crippen LogP contribution in [0.5, 0.6) is 5.75 Å². The lowest BCUT2D eigenvalue weighted by atomic mass is 10.1. The predicted octanol–water partition coefficient (Wildman–Crippen LogP) is 3.65. The fourth-order valence-electron chi connectivity index (χ4n) is 2.56. The van der Waals surface area contributed by atoms with Crippen molar-refractivity contribution in [3.05, 3.63) is 59.8 Å². The highest BCUT2D eigenvalue weighted by Crippen LogP contribution is 2.18. The molecule has 0 bridgehead atoms. The number of aromatic nitrogens is 1. The molecular weight excluding hydrogens is 316 g/mol. The minimum atomic E-state index is -0.0430. The van der Waals surface area contributed by atoms with Crippen molar-refractivity contribution in [3.8, 4) is 5.75 Å². The molecule has 0 aliphatic carbocycles. The molecule has 0 saturated carbocycles. The number of amides is 1. The number of aryl methyl sites for hydroxylation is 1. The number of para-hydroxylation sites is 1. The first-order chi connectivity index (χ1) is 12.2. The minimum absolute atomic E-state index is 0.0430. The molecule has 130 valence electrons. The van der Waals surface area contributed by atoms with Gasteiger partial charge in [0.15, 0.2) is 5.58 Å². The molecule has 0 radical (unpaired) electrons. The van der Waals surface area contributed by atoms with Gasteiger partial charge in [-0.1, -0.05) is 35.0 Å². The summed E-state index contributed by atoms with van der Waals surface area (Å²) in [5, 5.41) is 7.79. The summed E-state index contributed by atoms with van der Waals surface area (Å²) in [5.41, 5.74) is 2.60. The number of ether oxygens (including phenoxy) is 1. The quantitative estimate of drug-likeness (QED) is 0.637. The summed E-state index contributed by atoms with van der Waals surface area (Å²) in [7, 11) is 0. The highest BCUT2D eigenvalue weighted by atomic mass is 16.5. The van der Waals surface area contributed by atoms with Crippen LogP contribution in [0.25, 0.3) is 11.0 Å². The summed E-state index contributed by atoms with van der Waals surface area (Å²) in [6.07, 6.45) is 2.00. The fraction of sp³-hybridized carbons (Fsp3) is 0.300. The SMILES string of the molecule is Cc1ccc(OCCCCNC(=O)Cc2noc3ccccc23)cc1. The molecule has 1 aromatic heterocycles. The molecule has 1 amide bonds. The Labute approximate surface area is 147 Å². The Morgan fingerprint density at radius 2 is 1.92 bits per heavy atom. The number of hydrogen-bond acceptors (Lipinski definition) is 4. The van der Waals surface area contributed by atoms with E-state index >= 15 is 0 Å². The Morgan fingerprint density at radius 3 is 2.76 bits per heavy atom. The van der Waals surface area contributed by atoms with Crippen molar-refractivity contribution in [2.75, 3.05) is 13.2 Å². The van der Waals surface area contributed by atoms with Crippen molar-refractivity contribution in [1.82, 2.24) is 10.5 Å². The van der Waals surface area contributed by atoms with E-state index in [1.807, 2.05) is 55.5 Å². The monoisotopic (exact) mass is 338 g/mol. The average molecular weight is 338 g/mol. The van der Waals surface area contributed by atoms with Crippen LogP contribution < -0.4 is 10.1 Å². The van der Waals surface area contributed by atoms with E-state index in [0.717, 1.165) is 24.0 Å². The van der Waals surface area contributed by atoms with Crippen LogP contribution in [-0.4, -0.2) is 24.2 Å². The molecule has 0 atom stereocenters. The Balaban J connectivity index is 1.33. The van der Waals surface area contributed by atoms with Gasteiger partial charge in [-0.3, -0.25) is 4.79 Å². The van der Waals surface area contributed by atoms with Gasteiger partial charge in [-0.2, -0.15) is 0 Å². The number of carbonyl (C=O) groups excluding carboxylic acids is 1. The van der Waals surface area contributed by atoms with Crippen LogP contribution in [0.1, 0.15) is 24.1 Å². The molecule has 25 heavy (non-hydrogen) atoms. The molecule has 3 aromatic rings. The highest BCUT2D eigenvalue weighted by Gasteiger charge is 2.11. The third-order valence-corrected chi connectivity index (χ3v) is 3.96. The van der Waals surface area contributed by atoms with Crippen molar-refractivity contribution in [2.24, 2.45) is 0 Å². The number of carbonyl (C=O) groups is 1. The Morgan fingerprint density at radius 1 is 1.12 bits per heavy atom. The molecule has 0 aliphatic rings. The van der Waals surface area contributed by atoms with Gasteiger partial charge in [0.1, 0.15) is 11.4 Å². The summed E-state index contributed by atoms with van der Waals surface area (Å²) < 4.78 is 10.9. The molecule has 5 nitrogen and oxygen atoms in total. The summed E-state index contributed by atoms with van der Waals surface area (Å²) >= 11 is 0. The first-order valence-corrected chi connectivity index (χ1v) is 8.52. The zero-order valence-corrected chi connectivity index (χ0v) is 14.3. The third kappa shape index (κ3) is 4.83.